The molecule has 0 amide bonds. The molecular weight excluding hydrogens is 188 g/mol. The van der Waals surface area contributed by atoms with Gasteiger partial charge in [-0.25, -0.2) is 0 Å². The number of hydrogen-bond acceptors (Lipinski definition) is 3. The van der Waals surface area contributed by atoms with E-state index in [2.05, 4.69) is 31.2 Å². The number of hydrogen-bond donors (Lipinski definition) is 2. The van der Waals surface area contributed by atoms with Crippen molar-refractivity contribution in [1.82, 2.24) is 10.2 Å². The van der Waals surface area contributed by atoms with E-state index in [1.807, 2.05) is 0 Å². The molecule has 0 radical (unpaired) electrons. The number of likely N-dealkylation sites (N-methyl/N-ethyl adjacent to an activating group) is 1. The van der Waals surface area contributed by atoms with Crippen molar-refractivity contribution in [3.05, 3.63) is 0 Å². The van der Waals surface area contributed by atoms with Crippen LogP contribution >= 0.6 is 0 Å². The molecule has 3 heteroatoms. The fourth-order valence-electron chi connectivity index (χ4n) is 1.57. The topological polar surface area (TPSA) is 35.5 Å². The van der Waals surface area contributed by atoms with Gasteiger partial charge in [-0.1, -0.05) is 32.6 Å². The van der Waals surface area contributed by atoms with Crippen LogP contribution in [-0.2, 0) is 0 Å². The highest BCUT2D eigenvalue weighted by Crippen LogP contribution is 2.05. The molecule has 0 fully saturated rings. The first-order chi connectivity index (χ1) is 7.20. The molecule has 0 aliphatic heterocycles. The normalized spacial score (nSPS) is 13.4. The Morgan fingerprint density at radius 3 is 2.47 bits per heavy atom. The predicted molar refractivity (Wildman–Crippen MR) is 66.2 cm³/mol. The van der Waals surface area contributed by atoms with Gasteiger partial charge in [0.05, 0.1) is 6.61 Å². The van der Waals surface area contributed by atoms with E-state index in [1.165, 1.54) is 25.7 Å². The maximum absolute atomic E-state index is 9.17. The van der Waals surface area contributed by atoms with Crippen LogP contribution in [0.5, 0.6) is 0 Å². The first kappa shape index (κ1) is 14.9. The summed E-state index contributed by atoms with van der Waals surface area (Å²) in [5.41, 5.74) is 0. The van der Waals surface area contributed by atoms with E-state index >= 15 is 0 Å². The highest BCUT2D eigenvalue weighted by atomic mass is 16.3. The van der Waals surface area contributed by atoms with E-state index in [0.717, 1.165) is 19.5 Å². The molecule has 92 valence electrons. The first-order valence-electron chi connectivity index (χ1n) is 6.19. The Hall–Kier alpha value is -0.120. The van der Waals surface area contributed by atoms with Gasteiger partial charge in [-0.15, -0.1) is 0 Å². The average Bonchev–Trinajstić information content (AvgIpc) is 2.21. The predicted octanol–water partition coefficient (Wildman–Crippen LogP) is 1.47. The van der Waals surface area contributed by atoms with Gasteiger partial charge in [0.25, 0.3) is 0 Å². The number of aliphatic hydroxyl groups is 1. The summed E-state index contributed by atoms with van der Waals surface area (Å²) in [6, 6.07) is 0.293. The fraction of sp³-hybridized carbons (Fsp3) is 1.00. The van der Waals surface area contributed by atoms with Gasteiger partial charge in [0.15, 0.2) is 0 Å². The number of unbranched alkanes of at least 4 members (excludes halogenated alkanes) is 3. The summed E-state index contributed by atoms with van der Waals surface area (Å²) >= 11 is 0. The molecule has 0 spiro atoms. The molecule has 0 saturated carbocycles. The summed E-state index contributed by atoms with van der Waals surface area (Å²) in [5, 5.41) is 12.6. The van der Waals surface area contributed by atoms with E-state index < -0.39 is 0 Å². The van der Waals surface area contributed by atoms with Gasteiger partial charge in [0.2, 0.25) is 0 Å². The average molecular weight is 216 g/mol. The van der Waals surface area contributed by atoms with Crippen LogP contribution in [0.25, 0.3) is 0 Å². The number of nitrogens with zero attached hydrogens (tertiary/aromatic N) is 1. The molecule has 0 rings (SSSR count). The minimum atomic E-state index is 0.263. The molecule has 3 nitrogen and oxygen atoms in total. The zero-order valence-corrected chi connectivity index (χ0v) is 10.6. The molecule has 2 N–H and O–H groups in total. The van der Waals surface area contributed by atoms with E-state index in [1.54, 1.807) is 0 Å². The minimum Gasteiger partial charge on any atom is -0.395 e. The molecule has 0 aliphatic rings. The SMILES string of the molecule is CCCCCCC(CO)NCCN(C)C. The van der Waals surface area contributed by atoms with E-state index in [4.69, 9.17) is 0 Å². The summed E-state index contributed by atoms with van der Waals surface area (Å²) in [4.78, 5) is 2.15. The molecule has 0 aromatic heterocycles. The Kier molecular flexibility index (Phi) is 10.3. The summed E-state index contributed by atoms with van der Waals surface area (Å²) in [7, 11) is 4.13. The zero-order valence-electron chi connectivity index (χ0n) is 10.6. The number of aliphatic hydroxyl groups excluding tert-OH is 1. The van der Waals surface area contributed by atoms with Crippen LogP contribution in [-0.4, -0.2) is 49.8 Å². The first-order valence-corrected chi connectivity index (χ1v) is 6.19. The van der Waals surface area contributed by atoms with Gasteiger partial charge in [-0.2, -0.15) is 0 Å². The van der Waals surface area contributed by atoms with Crippen molar-refractivity contribution < 1.29 is 5.11 Å². The second-order valence-corrected chi connectivity index (χ2v) is 4.49. The van der Waals surface area contributed by atoms with Crippen molar-refractivity contribution in [2.45, 2.75) is 45.1 Å². The van der Waals surface area contributed by atoms with Crippen LogP contribution in [0.4, 0.5) is 0 Å². The number of nitrogens with one attached hydrogen (secondary N) is 1. The third-order valence-electron chi connectivity index (χ3n) is 2.62. The Labute approximate surface area is 94.9 Å². The third kappa shape index (κ3) is 10.2. The zero-order chi connectivity index (χ0) is 11.5. The maximum Gasteiger partial charge on any atom is 0.0584 e. The lowest BCUT2D eigenvalue weighted by Gasteiger charge is -2.17. The quantitative estimate of drug-likeness (QED) is 0.543. The minimum absolute atomic E-state index is 0.263. The fourth-order valence-corrected chi connectivity index (χ4v) is 1.57. The van der Waals surface area contributed by atoms with Gasteiger partial charge < -0.3 is 15.3 Å². The Bertz CT molecular complexity index is 129. The maximum atomic E-state index is 9.17. The number of rotatable bonds is 10. The summed E-state index contributed by atoms with van der Waals surface area (Å²) in [5.74, 6) is 0. The van der Waals surface area contributed by atoms with Crippen molar-refractivity contribution in [3.63, 3.8) is 0 Å². The molecular formula is C12H28N2O. The van der Waals surface area contributed by atoms with Crippen molar-refractivity contribution in [1.29, 1.82) is 0 Å². The van der Waals surface area contributed by atoms with Crippen LogP contribution in [0.3, 0.4) is 0 Å². The largest absolute Gasteiger partial charge is 0.395 e. The molecule has 0 heterocycles. The van der Waals surface area contributed by atoms with Gasteiger partial charge in [-0.05, 0) is 20.5 Å². The highest BCUT2D eigenvalue weighted by Gasteiger charge is 2.05. The van der Waals surface area contributed by atoms with Gasteiger partial charge in [0.1, 0.15) is 0 Å². The van der Waals surface area contributed by atoms with E-state index in [9.17, 15) is 5.11 Å². The molecule has 0 aromatic carbocycles. The van der Waals surface area contributed by atoms with Gasteiger partial charge >= 0.3 is 0 Å². The Balaban J connectivity index is 3.38. The van der Waals surface area contributed by atoms with Crippen LogP contribution in [0.15, 0.2) is 0 Å². The van der Waals surface area contributed by atoms with Crippen LogP contribution in [0, 0.1) is 0 Å². The molecule has 0 saturated heterocycles. The lowest BCUT2D eigenvalue weighted by atomic mass is 10.1. The summed E-state index contributed by atoms with van der Waals surface area (Å²) in [6.45, 7) is 4.48. The van der Waals surface area contributed by atoms with E-state index in [0.29, 0.717) is 6.04 Å². The summed E-state index contributed by atoms with van der Waals surface area (Å²) in [6.07, 6.45) is 6.22. The highest BCUT2D eigenvalue weighted by molar-refractivity contribution is 4.66. The van der Waals surface area contributed by atoms with Gasteiger partial charge in [0, 0.05) is 19.1 Å². The Morgan fingerprint density at radius 1 is 1.20 bits per heavy atom. The second-order valence-electron chi connectivity index (χ2n) is 4.49. The van der Waals surface area contributed by atoms with Gasteiger partial charge in [-0.3, -0.25) is 0 Å². The van der Waals surface area contributed by atoms with Crippen molar-refractivity contribution >= 4 is 0 Å². The van der Waals surface area contributed by atoms with Crippen molar-refractivity contribution in [2.24, 2.45) is 0 Å². The lowest BCUT2D eigenvalue weighted by Crippen LogP contribution is -2.37. The molecule has 1 atom stereocenters. The smallest absolute Gasteiger partial charge is 0.0584 e. The van der Waals surface area contributed by atoms with Crippen LogP contribution in [0.2, 0.25) is 0 Å². The molecule has 0 bridgehead atoms. The molecule has 15 heavy (non-hydrogen) atoms. The Morgan fingerprint density at radius 2 is 1.93 bits per heavy atom. The van der Waals surface area contributed by atoms with Crippen LogP contribution < -0.4 is 5.32 Å². The third-order valence-corrected chi connectivity index (χ3v) is 2.62. The van der Waals surface area contributed by atoms with Crippen molar-refractivity contribution in [3.8, 4) is 0 Å². The standard InChI is InChI=1S/C12H28N2O/c1-4-5-6-7-8-12(11-15)13-9-10-14(2)3/h12-13,15H,4-11H2,1-3H3. The second kappa shape index (κ2) is 10.4. The molecule has 0 aromatic rings. The monoisotopic (exact) mass is 216 g/mol. The lowest BCUT2D eigenvalue weighted by molar-refractivity contribution is 0.229. The molecule has 1 unspecified atom stereocenters. The van der Waals surface area contributed by atoms with Crippen molar-refractivity contribution in [2.75, 3.05) is 33.8 Å². The summed E-state index contributed by atoms with van der Waals surface area (Å²) < 4.78 is 0. The van der Waals surface area contributed by atoms with Crippen LogP contribution in [0.1, 0.15) is 39.0 Å². The van der Waals surface area contributed by atoms with E-state index in [-0.39, 0.29) is 6.61 Å². The molecule has 0 aliphatic carbocycles.